The van der Waals surface area contributed by atoms with Crippen molar-refractivity contribution in [3.8, 4) is 0 Å². The summed E-state index contributed by atoms with van der Waals surface area (Å²) in [5.41, 5.74) is 6.09. The van der Waals surface area contributed by atoms with Crippen LogP contribution in [0.15, 0.2) is 18.2 Å². The Morgan fingerprint density at radius 3 is 2.30 bits per heavy atom. The van der Waals surface area contributed by atoms with Gasteiger partial charge in [-0.3, -0.25) is 4.79 Å². The molecule has 0 aliphatic carbocycles. The van der Waals surface area contributed by atoms with E-state index in [0.717, 1.165) is 25.9 Å². The summed E-state index contributed by atoms with van der Waals surface area (Å²) in [4.78, 5) is 18.5. The molecule has 8 heteroatoms. The smallest absolute Gasteiger partial charge is 0.184 e. The summed E-state index contributed by atoms with van der Waals surface area (Å²) < 4.78 is 0. The molecular weight excluding hydrogens is 305 g/mol. The number of Topliss-reactive ketones (excluding diaryl/α,β-unsaturated/α-hetero) is 1. The Morgan fingerprint density at radius 1 is 1.25 bits per heavy atom. The maximum atomic E-state index is 12.1. The second-order valence-electron chi connectivity index (χ2n) is 4.39. The summed E-state index contributed by atoms with van der Waals surface area (Å²) in [6, 6.07) is 5.23. The highest BCUT2D eigenvalue weighted by Crippen LogP contribution is 2.20. The molecule has 0 saturated carbocycles. The lowest BCUT2D eigenvalue weighted by atomic mass is 9.91. The molecule has 1 aromatic heterocycles. The molecular formula is C12H23Cl2N3O3. The predicted octanol–water partition coefficient (Wildman–Crippen LogP) is 0.382. The summed E-state index contributed by atoms with van der Waals surface area (Å²) in [6.45, 7) is 1.97. The fourth-order valence-corrected chi connectivity index (χ4v) is 2.07. The molecule has 0 bridgehead atoms. The standard InChI is InChI=1S/C12H17N3O.2ClH.2H2O/c1-15-7-5-9(6-8-15)12(16)10-3-2-4-11(13)14-10;;;;/h2-4,9H,5-8H2,1H3,(H2,13,14);2*1H;2*1H2. The van der Waals surface area contributed by atoms with E-state index in [1.165, 1.54) is 0 Å². The van der Waals surface area contributed by atoms with Crippen LogP contribution in [0.1, 0.15) is 23.3 Å². The number of rotatable bonds is 2. The molecule has 0 amide bonds. The van der Waals surface area contributed by atoms with E-state index in [0.29, 0.717) is 11.5 Å². The lowest BCUT2D eigenvalue weighted by Crippen LogP contribution is -2.33. The zero-order valence-electron chi connectivity index (χ0n) is 11.3. The molecule has 2 heterocycles. The number of aromatic nitrogens is 1. The van der Waals surface area contributed by atoms with Gasteiger partial charge in [0.05, 0.1) is 0 Å². The van der Waals surface area contributed by atoms with E-state index in [1.807, 2.05) is 0 Å². The molecule has 2 rings (SSSR count). The van der Waals surface area contributed by atoms with Gasteiger partial charge < -0.3 is 21.6 Å². The number of ketones is 1. The lowest BCUT2D eigenvalue weighted by Gasteiger charge is -2.27. The number of hydrogen-bond donors (Lipinski definition) is 1. The number of carbonyl (C=O) groups excluding carboxylic acids is 1. The van der Waals surface area contributed by atoms with Gasteiger partial charge >= 0.3 is 0 Å². The summed E-state index contributed by atoms with van der Waals surface area (Å²) >= 11 is 0. The van der Waals surface area contributed by atoms with Crippen LogP contribution in [0.5, 0.6) is 0 Å². The number of nitrogens with two attached hydrogens (primary N) is 1. The minimum atomic E-state index is 0. The van der Waals surface area contributed by atoms with Crippen molar-refractivity contribution in [1.29, 1.82) is 0 Å². The molecule has 0 atom stereocenters. The third-order valence-electron chi connectivity index (χ3n) is 3.11. The number of anilines is 1. The van der Waals surface area contributed by atoms with Crippen molar-refractivity contribution in [2.24, 2.45) is 5.92 Å². The van der Waals surface area contributed by atoms with Gasteiger partial charge in [0.25, 0.3) is 0 Å². The van der Waals surface area contributed by atoms with Gasteiger partial charge in [0.15, 0.2) is 5.78 Å². The normalized spacial score (nSPS) is 14.8. The number of nitrogen functional groups attached to an aromatic ring is 1. The highest BCUT2D eigenvalue weighted by Gasteiger charge is 2.25. The minimum absolute atomic E-state index is 0. The number of pyridine rings is 1. The Balaban J connectivity index is -0.000000722. The molecule has 20 heavy (non-hydrogen) atoms. The Morgan fingerprint density at radius 2 is 1.80 bits per heavy atom. The van der Waals surface area contributed by atoms with E-state index in [2.05, 4.69) is 16.9 Å². The second-order valence-corrected chi connectivity index (χ2v) is 4.39. The van der Waals surface area contributed by atoms with E-state index in [1.54, 1.807) is 18.2 Å². The molecule has 1 aliphatic rings. The van der Waals surface area contributed by atoms with Crippen LogP contribution in [0, 0.1) is 5.92 Å². The fraction of sp³-hybridized carbons (Fsp3) is 0.500. The zero-order valence-corrected chi connectivity index (χ0v) is 13.0. The number of carbonyl (C=O) groups is 1. The van der Waals surface area contributed by atoms with Crippen molar-refractivity contribution < 1.29 is 15.7 Å². The highest BCUT2D eigenvalue weighted by molar-refractivity contribution is 5.96. The average molecular weight is 328 g/mol. The van der Waals surface area contributed by atoms with Crippen molar-refractivity contribution in [2.75, 3.05) is 25.9 Å². The Bertz CT molecular complexity index is 399. The van der Waals surface area contributed by atoms with Crippen LogP contribution in [0.2, 0.25) is 0 Å². The van der Waals surface area contributed by atoms with Crippen LogP contribution in [0.3, 0.4) is 0 Å². The molecule has 0 radical (unpaired) electrons. The summed E-state index contributed by atoms with van der Waals surface area (Å²) in [5.74, 6) is 0.671. The maximum Gasteiger partial charge on any atom is 0.184 e. The predicted molar refractivity (Wildman–Crippen MR) is 84.9 cm³/mol. The molecule has 0 aromatic carbocycles. The second kappa shape index (κ2) is 10.8. The van der Waals surface area contributed by atoms with Crippen molar-refractivity contribution >= 4 is 36.4 Å². The lowest BCUT2D eigenvalue weighted by molar-refractivity contribution is 0.0851. The van der Waals surface area contributed by atoms with E-state index < -0.39 is 0 Å². The minimum Gasteiger partial charge on any atom is -0.412 e. The van der Waals surface area contributed by atoms with Gasteiger partial charge in [-0.25, -0.2) is 4.98 Å². The number of halogens is 2. The van der Waals surface area contributed by atoms with Crippen LogP contribution in [-0.2, 0) is 0 Å². The molecule has 6 nitrogen and oxygen atoms in total. The Labute approximate surface area is 131 Å². The van der Waals surface area contributed by atoms with Gasteiger partial charge in [0, 0.05) is 5.92 Å². The van der Waals surface area contributed by atoms with Crippen LogP contribution in [0.25, 0.3) is 0 Å². The van der Waals surface area contributed by atoms with Crippen LogP contribution < -0.4 is 5.73 Å². The number of likely N-dealkylation sites (tertiary alicyclic amines) is 1. The third-order valence-corrected chi connectivity index (χ3v) is 3.11. The first kappa shape index (κ1) is 24.1. The molecule has 0 unspecified atom stereocenters. The van der Waals surface area contributed by atoms with Gasteiger partial charge in [-0.1, -0.05) is 6.07 Å². The Kier molecular flexibility index (Phi) is 13.0. The largest absolute Gasteiger partial charge is 0.412 e. The molecule has 1 saturated heterocycles. The fourth-order valence-electron chi connectivity index (χ4n) is 2.07. The van der Waals surface area contributed by atoms with E-state index in [9.17, 15) is 4.79 Å². The van der Waals surface area contributed by atoms with E-state index in [4.69, 9.17) is 5.73 Å². The molecule has 6 N–H and O–H groups in total. The average Bonchev–Trinajstić information content (AvgIpc) is 2.29. The van der Waals surface area contributed by atoms with Crippen molar-refractivity contribution in [2.45, 2.75) is 12.8 Å². The van der Waals surface area contributed by atoms with E-state index in [-0.39, 0.29) is 47.5 Å². The first-order valence-corrected chi connectivity index (χ1v) is 5.62. The summed E-state index contributed by atoms with van der Waals surface area (Å²) in [7, 11) is 2.08. The van der Waals surface area contributed by atoms with Gasteiger partial charge in [0.1, 0.15) is 11.5 Å². The van der Waals surface area contributed by atoms with Crippen molar-refractivity contribution in [1.82, 2.24) is 9.88 Å². The number of hydrogen-bond acceptors (Lipinski definition) is 4. The summed E-state index contributed by atoms with van der Waals surface area (Å²) in [6.07, 6.45) is 1.84. The van der Waals surface area contributed by atoms with Crippen LogP contribution >= 0.6 is 24.8 Å². The number of nitrogens with zero attached hydrogens (tertiary/aromatic N) is 2. The summed E-state index contributed by atoms with van der Waals surface area (Å²) in [5, 5.41) is 0. The van der Waals surface area contributed by atoms with Gasteiger partial charge in [-0.15, -0.1) is 24.8 Å². The molecule has 118 valence electrons. The van der Waals surface area contributed by atoms with Gasteiger partial charge in [0.2, 0.25) is 0 Å². The van der Waals surface area contributed by atoms with Crippen molar-refractivity contribution in [3.63, 3.8) is 0 Å². The van der Waals surface area contributed by atoms with Crippen molar-refractivity contribution in [3.05, 3.63) is 23.9 Å². The van der Waals surface area contributed by atoms with Gasteiger partial charge in [-0.05, 0) is 45.1 Å². The molecule has 0 spiro atoms. The number of piperidine rings is 1. The SMILES string of the molecule is CN1CCC(C(=O)c2cccc(N)n2)CC1.Cl.Cl.O.O. The Hall–Kier alpha value is -0.920. The van der Waals surface area contributed by atoms with Crippen LogP contribution in [-0.4, -0.2) is 46.8 Å². The first-order chi connectivity index (χ1) is 7.66. The van der Waals surface area contributed by atoms with Gasteiger partial charge in [-0.2, -0.15) is 0 Å². The maximum absolute atomic E-state index is 12.1. The van der Waals surface area contributed by atoms with E-state index >= 15 is 0 Å². The topological polar surface area (TPSA) is 122 Å². The zero-order chi connectivity index (χ0) is 11.5. The molecule has 1 aliphatic heterocycles. The molecule has 1 aromatic rings. The van der Waals surface area contributed by atoms with Crippen LogP contribution in [0.4, 0.5) is 5.82 Å². The quantitative estimate of drug-likeness (QED) is 0.789. The highest BCUT2D eigenvalue weighted by atomic mass is 35.5. The molecule has 1 fully saturated rings. The third kappa shape index (κ3) is 6.02. The first-order valence-electron chi connectivity index (χ1n) is 5.62. The monoisotopic (exact) mass is 327 g/mol.